The Labute approximate surface area is 123 Å². The van der Waals surface area contributed by atoms with Gasteiger partial charge in [0.15, 0.2) is 0 Å². The molecular weight excluding hydrogens is 300 g/mol. The first-order valence-electron chi connectivity index (χ1n) is 6.81. The van der Waals surface area contributed by atoms with Gasteiger partial charge in [-0.2, -0.15) is 0 Å². The average molecular weight is 319 g/mol. The molecule has 0 fully saturated rings. The van der Waals surface area contributed by atoms with Crippen LogP contribution in [0.2, 0.25) is 0 Å². The Morgan fingerprint density at radius 2 is 1.84 bits per heavy atom. The Kier molecular flexibility index (Phi) is 5.52. The minimum absolute atomic E-state index is 0.942. The third-order valence-electron chi connectivity index (χ3n) is 3.19. The van der Waals surface area contributed by atoms with E-state index < -0.39 is 0 Å². The number of nitrogens with zero attached hydrogens (tertiary/aromatic N) is 2. The second-order valence-corrected chi connectivity index (χ2v) is 5.35. The second-order valence-electron chi connectivity index (χ2n) is 4.56. The molecule has 2 aromatic rings. The van der Waals surface area contributed by atoms with E-state index in [0.717, 1.165) is 23.9 Å². The summed E-state index contributed by atoms with van der Waals surface area (Å²) in [5.74, 6) is 0. The van der Waals surface area contributed by atoms with Crippen molar-refractivity contribution in [3.8, 4) is 11.3 Å². The van der Waals surface area contributed by atoms with Crippen molar-refractivity contribution in [2.75, 3.05) is 5.33 Å². The number of hydrogen-bond acceptors (Lipinski definition) is 2. The number of aromatic nitrogens is 2. The number of hydrogen-bond donors (Lipinski definition) is 0. The van der Waals surface area contributed by atoms with Gasteiger partial charge in [0.1, 0.15) is 6.33 Å². The van der Waals surface area contributed by atoms with E-state index in [-0.39, 0.29) is 0 Å². The van der Waals surface area contributed by atoms with Crippen molar-refractivity contribution in [3.63, 3.8) is 0 Å². The summed E-state index contributed by atoms with van der Waals surface area (Å²) in [6, 6.07) is 10.4. The summed E-state index contributed by atoms with van der Waals surface area (Å²) in [6.45, 7) is 2.22. The first-order chi connectivity index (χ1) is 9.36. The molecule has 0 saturated heterocycles. The van der Waals surface area contributed by atoms with Crippen LogP contribution >= 0.6 is 15.9 Å². The van der Waals surface area contributed by atoms with Crippen molar-refractivity contribution in [1.82, 2.24) is 9.97 Å². The van der Waals surface area contributed by atoms with E-state index in [4.69, 9.17) is 0 Å². The van der Waals surface area contributed by atoms with Crippen molar-refractivity contribution in [2.24, 2.45) is 0 Å². The summed E-state index contributed by atoms with van der Waals surface area (Å²) in [5.41, 5.74) is 4.78. The fraction of sp³-hybridized carbons (Fsp3) is 0.375. The van der Waals surface area contributed by atoms with Crippen LogP contribution in [0.1, 0.15) is 31.0 Å². The third-order valence-corrected chi connectivity index (χ3v) is 3.59. The highest BCUT2D eigenvalue weighted by Crippen LogP contribution is 2.24. The molecule has 0 N–H and O–H groups in total. The molecule has 100 valence electrons. The molecule has 0 aliphatic heterocycles. The lowest BCUT2D eigenvalue weighted by Gasteiger charge is -2.12. The molecular formula is C16H19BrN2. The average Bonchev–Trinajstić information content (AvgIpc) is 2.47. The monoisotopic (exact) mass is 318 g/mol. The normalized spacial score (nSPS) is 10.6. The van der Waals surface area contributed by atoms with Gasteiger partial charge in [-0.15, -0.1) is 0 Å². The predicted molar refractivity (Wildman–Crippen MR) is 83.6 cm³/mol. The van der Waals surface area contributed by atoms with Crippen LogP contribution in [-0.2, 0) is 12.8 Å². The van der Waals surface area contributed by atoms with E-state index in [0.29, 0.717) is 0 Å². The molecule has 1 aromatic heterocycles. The molecule has 0 bridgehead atoms. The molecule has 0 aliphatic rings. The van der Waals surface area contributed by atoms with Crippen molar-refractivity contribution in [2.45, 2.75) is 32.6 Å². The Bertz CT molecular complexity index is 511. The molecule has 1 heterocycles. The Morgan fingerprint density at radius 1 is 1.05 bits per heavy atom. The molecule has 1 aromatic carbocycles. The lowest BCUT2D eigenvalue weighted by atomic mass is 9.99. The molecule has 19 heavy (non-hydrogen) atoms. The lowest BCUT2D eigenvalue weighted by molar-refractivity contribution is 0.776. The first-order valence-corrected chi connectivity index (χ1v) is 7.93. The Hall–Kier alpha value is -1.22. The second kappa shape index (κ2) is 7.39. The summed E-state index contributed by atoms with van der Waals surface area (Å²) in [6.07, 6.45) is 6.08. The highest BCUT2D eigenvalue weighted by molar-refractivity contribution is 9.09. The molecule has 3 heteroatoms. The van der Waals surface area contributed by atoms with Crippen LogP contribution in [0.15, 0.2) is 36.7 Å². The number of benzene rings is 1. The van der Waals surface area contributed by atoms with Gasteiger partial charge in [0.2, 0.25) is 0 Å². The van der Waals surface area contributed by atoms with Crippen molar-refractivity contribution >= 4 is 15.9 Å². The fourth-order valence-electron chi connectivity index (χ4n) is 2.21. The van der Waals surface area contributed by atoms with E-state index in [2.05, 4.69) is 57.1 Å². The van der Waals surface area contributed by atoms with Gasteiger partial charge in [-0.1, -0.05) is 59.6 Å². The van der Waals surface area contributed by atoms with Crippen LogP contribution in [0.5, 0.6) is 0 Å². The van der Waals surface area contributed by atoms with Gasteiger partial charge in [0.05, 0.1) is 5.69 Å². The highest BCUT2D eigenvalue weighted by Gasteiger charge is 2.12. The van der Waals surface area contributed by atoms with Crippen LogP contribution in [0.3, 0.4) is 0 Å². The number of halogens is 1. The zero-order valence-corrected chi connectivity index (χ0v) is 12.9. The van der Waals surface area contributed by atoms with Gasteiger partial charge >= 0.3 is 0 Å². The molecule has 0 saturated carbocycles. The zero-order chi connectivity index (χ0) is 13.5. The van der Waals surface area contributed by atoms with Gasteiger partial charge in [0.25, 0.3) is 0 Å². The summed E-state index contributed by atoms with van der Waals surface area (Å²) >= 11 is 3.51. The number of unbranched alkanes of at least 4 members (excludes halogenated alkanes) is 1. The fourth-order valence-corrected chi connectivity index (χ4v) is 2.59. The van der Waals surface area contributed by atoms with E-state index >= 15 is 0 Å². The number of alkyl halides is 1. The van der Waals surface area contributed by atoms with Crippen LogP contribution in [0.4, 0.5) is 0 Å². The summed E-state index contributed by atoms with van der Waals surface area (Å²) in [4.78, 5) is 8.98. The van der Waals surface area contributed by atoms with Crippen molar-refractivity contribution in [1.29, 1.82) is 0 Å². The topological polar surface area (TPSA) is 25.8 Å². The van der Waals surface area contributed by atoms with Crippen LogP contribution in [-0.4, -0.2) is 15.3 Å². The molecule has 2 nitrogen and oxygen atoms in total. The van der Waals surface area contributed by atoms with Crippen LogP contribution < -0.4 is 0 Å². The number of rotatable bonds is 6. The van der Waals surface area contributed by atoms with Crippen molar-refractivity contribution < 1.29 is 0 Å². The standard InChI is InChI=1S/C16H19BrN2/c1-2-3-9-14-15(10-11-17)18-12-19-16(14)13-7-5-4-6-8-13/h4-8,12H,2-3,9-11H2,1H3. The molecule has 0 amide bonds. The van der Waals surface area contributed by atoms with Gasteiger partial charge < -0.3 is 0 Å². The van der Waals surface area contributed by atoms with E-state index in [1.54, 1.807) is 6.33 Å². The molecule has 0 aliphatic carbocycles. The van der Waals surface area contributed by atoms with Gasteiger partial charge in [0, 0.05) is 22.2 Å². The highest BCUT2D eigenvalue weighted by atomic mass is 79.9. The maximum absolute atomic E-state index is 4.52. The SMILES string of the molecule is CCCCc1c(CCBr)ncnc1-c1ccccc1. The van der Waals surface area contributed by atoms with Gasteiger partial charge in [-0.3, -0.25) is 0 Å². The minimum atomic E-state index is 0.942. The maximum Gasteiger partial charge on any atom is 0.116 e. The number of aryl methyl sites for hydroxylation is 1. The minimum Gasteiger partial charge on any atom is -0.241 e. The Morgan fingerprint density at radius 3 is 2.53 bits per heavy atom. The molecule has 0 spiro atoms. The van der Waals surface area contributed by atoms with Crippen molar-refractivity contribution in [3.05, 3.63) is 47.9 Å². The predicted octanol–water partition coefficient (Wildman–Crippen LogP) is 4.42. The third kappa shape index (κ3) is 3.63. The van der Waals surface area contributed by atoms with Crippen LogP contribution in [0, 0.1) is 0 Å². The molecule has 0 unspecified atom stereocenters. The zero-order valence-electron chi connectivity index (χ0n) is 11.3. The lowest BCUT2D eigenvalue weighted by Crippen LogP contribution is -2.04. The van der Waals surface area contributed by atoms with E-state index in [1.807, 2.05) is 6.07 Å². The largest absolute Gasteiger partial charge is 0.241 e. The summed E-state index contributed by atoms with van der Waals surface area (Å²) in [7, 11) is 0. The summed E-state index contributed by atoms with van der Waals surface area (Å²) < 4.78 is 0. The van der Waals surface area contributed by atoms with Crippen LogP contribution in [0.25, 0.3) is 11.3 Å². The maximum atomic E-state index is 4.52. The smallest absolute Gasteiger partial charge is 0.116 e. The van der Waals surface area contributed by atoms with E-state index in [1.165, 1.54) is 29.7 Å². The van der Waals surface area contributed by atoms with Gasteiger partial charge in [-0.25, -0.2) is 9.97 Å². The molecule has 2 rings (SSSR count). The summed E-state index contributed by atoms with van der Waals surface area (Å²) in [5, 5.41) is 0.942. The molecule has 0 radical (unpaired) electrons. The van der Waals surface area contributed by atoms with E-state index in [9.17, 15) is 0 Å². The quantitative estimate of drug-likeness (QED) is 0.737. The van der Waals surface area contributed by atoms with Gasteiger partial charge in [-0.05, 0) is 19.3 Å². The first kappa shape index (κ1) is 14.2. The molecule has 0 atom stereocenters. The Balaban J connectivity index is 2.44.